The second-order valence-electron chi connectivity index (χ2n) is 4.72. The van der Waals surface area contributed by atoms with Gasteiger partial charge in [0.15, 0.2) is 0 Å². The Bertz CT molecular complexity index is 559. The van der Waals surface area contributed by atoms with Crippen LogP contribution in [-0.2, 0) is 27.2 Å². The number of benzene rings is 1. The Balaban J connectivity index is 2.11. The van der Waals surface area contributed by atoms with Crippen LogP contribution in [0.2, 0.25) is 0 Å². The maximum atomic E-state index is 12.4. The van der Waals surface area contributed by atoms with Crippen molar-refractivity contribution in [2.75, 3.05) is 31.2 Å². The lowest BCUT2D eigenvalue weighted by Gasteiger charge is -2.25. The molecule has 0 amide bonds. The zero-order valence-electron chi connectivity index (χ0n) is 11.2. The van der Waals surface area contributed by atoms with Crippen LogP contribution >= 0.6 is 0 Å². The first-order valence-electron chi connectivity index (χ1n) is 6.59. The highest BCUT2D eigenvalue weighted by atomic mass is 32.2. The van der Waals surface area contributed by atoms with Crippen LogP contribution in [0.4, 0.5) is 0 Å². The minimum absolute atomic E-state index is 0.130. The third-order valence-corrected chi connectivity index (χ3v) is 6.51. The van der Waals surface area contributed by atoms with Gasteiger partial charge < -0.3 is 5.11 Å². The number of nitrogens with zero attached hydrogens (tertiary/aromatic N) is 1. The minimum atomic E-state index is -3.47. The molecule has 1 aromatic rings. The van der Waals surface area contributed by atoms with Gasteiger partial charge >= 0.3 is 0 Å². The van der Waals surface area contributed by atoms with E-state index in [2.05, 4.69) is 0 Å². The van der Waals surface area contributed by atoms with Gasteiger partial charge in [0.05, 0.1) is 4.90 Å². The van der Waals surface area contributed by atoms with Gasteiger partial charge in [-0.15, -0.1) is 0 Å². The first kappa shape index (κ1) is 15.6. The van der Waals surface area contributed by atoms with Gasteiger partial charge in [-0.3, -0.25) is 4.21 Å². The summed E-state index contributed by atoms with van der Waals surface area (Å²) in [6.07, 6.45) is 1.41. The Morgan fingerprint density at radius 3 is 2.30 bits per heavy atom. The molecule has 7 heteroatoms. The molecule has 0 atom stereocenters. The number of sulfonamides is 1. The topological polar surface area (TPSA) is 74.7 Å². The summed E-state index contributed by atoms with van der Waals surface area (Å²) in [6, 6.07) is 6.77. The fourth-order valence-corrected chi connectivity index (χ4v) is 4.85. The van der Waals surface area contributed by atoms with Crippen LogP contribution in [-0.4, -0.2) is 53.2 Å². The van der Waals surface area contributed by atoms with Crippen molar-refractivity contribution in [3.8, 4) is 0 Å². The molecule has 20 heavy (non-hydrogen) atoms. The van der Waals surface area contributed by atoms with Crippen molar-refractivity contribution in [1.82, 2.24) is 4.31 Å². The third kappa shape index (κ3) is 3.66. The van der Waals surface area contributed by atoms with Crippen LogP contribution in [0, 0.1) is 0 Å². The Labute approximate surface area is 122 Å². The van der Waals surface area contributed by atoms with Crippen LogP contribution in [0.25, 0.3) is 0 Å². The average Bonchev–Trinajstić information content (AvgIpc) is 2.46. The minimum Gasteiger partial charge on any atom is -0.396 e. The quantitative estimate of drug-likeness (QED) is 0.851. The second kappa shape index (κ2) is 6.80. The van der Waals surface area contributed by atoms with Crippen LogP contribution in [0.3, 0.4) is 0 Å². The molecule has 1 fully saturated rings. The van der Waals surface area contributed by atoms with Crippen molar-refractivity contribution in [1.29, 1.82) is 0 Å². The third-order valence-electron chi connectivity index (χ3n) is 3.32. The van der Waals surface area contributed by atoms with Crippen LogP contribution in [0.1, 0.15) is 12.0 Å². The van der Waals surface area contributed by atoms with E-state index in [9.17, 15) is 12.6 Å². The average molecular weight is 317 g/mol. The molecule has 1 saturated heterocycles. The molecule has 1 aliphatic rings. The molecule has 0 radical (unpaired) electrons. The standard InChI is InChI=1S/C13H19NO4S2/c15-9-1-2-12-3-5-13(6-4-12)20(17,18)14-7-10-19(16)11-8-14/h3-6,15H,1-2,7-11H2. The van der Waals surface area contributed by atoms with Crippen molar-refractivity contribution >= 4 is 20.8 Å². The van der Waals surface area contributed by atoms with E-state index in [1.807, 2.05) is 0 Å². The van der Waals surface area contributed by atoms with Crippen molar-refractivity contribution in [2.45, 2.75) is 17.7 Å². The van der Waals surface area contributed by atoms with E-state index < -0.39 is 20.8 Å². The van der Waals surface area contributed by atoms with Crippen molar-refractivity contribution in [2.24, 2.45) is 0 Å². The highest BCUT2D eigenvalue weighted by Gasteiger charge is 2.27. The summed E-state index contributed by atoms with van der Waals surface area (Å²) in [4.78, 5) is 0.276. The number of rotatable bonds is 5. The van der Waals surface area contributed by atoms with E-state index in [0.29, 0.717) is 31.0 Å². The predicted molar refractivity (Wildman–Crippen MR) is 78.5 cm³/mol. The molecule has 0 spiro atoms. The molecule has 2 rings (SSSR count). The molecule has 1 N–H and O–H groups in total. The SMILES string of the molecule is O=S1CCN(S(=O)(=O)c2ccc(CCCO)cc2)CC1. The molecule has 1 heterocycles. The highest BCUT2D eigenvalue weighted by Crippen LogP contribution is 2.18. The monoisotopic (exact) mass is 317 g/mol. The molecular formula is C13H19NO4S2. The number of hydrogen-bond donors (Lipinski definition) is 1. The molecule has 1 aromatic carbocycles. The van der Waals surface area contributed by atoms with E-state index in [-0.39, 0.29) is 11.5 Å². The smallest absolute Gasteiger partial charge is 0.243 e. The maximum absolute atomic E-state index is 12.4. The summed E-state index contributed by atoms with van der Waals surface area (Å²) in [5.74, 6) is 0.821. The fourth-order valence-electron chi connectivity index (χ4n) is 2.12. The molecule has 0 aliphatic carbocycles. The van der Waals surface area contributed by atoms with Gasteiger partial charge in [0.2, 0.25) is 10.0 Å². The Morgan fingerprint density at radius 1 is 1.15 bits per heavy atom. The molecule has 5 nitrogen and oxygen atoms in total. The summed E-state index contributed by atoms with van der Waals surface area (Å²) in [5.41, 5.74) is 1.01. The van der Waals surface area contributed by atoms with Crippen molar-refractivity contribution in [3.05, 3.63) is 29.8 Å². The number of aryl methyl sites for hydroxylation is 1. The predicted octanol–water partition coefficient (Wildman–Crippen LogP) is 0.364. The fraction of sp³-hybridized carbons (Fsp3) is 0.538. The normalized spacial score (nSPS) is 18.2. The van der Waals surface area contributed by atoms with Gasteiger partial charge in [-0.1, -0.05) is 12.1 Å². The molecule has 0 bridgehead atoms. The summed E-state index contributed by atoms with van der Waals surface area (Å²) in [7, 11) is -4.36. The van der Waals surface area contributed by atoms with E-state index >= 15 is 0 Å². The van der Waals surface area contributed by atoms with E-state index in [1.165, 1.54) is 4.31 Å². The van der Waals surface area contributed by atoms with Gasteiger partial charge in [0, 0.05) is 42.0 Å². The molecular weight excluding hydrogens is 298 g/mol. The van der Waals surface area contributed by atoms with Crippen LogP contribution < -0.4 is 0 Å². The molecule has 112 valence electrons. The summed E-state index contributed by atoms with van der Waals surface area (Å²) in [5, 5.41) is 8.78. The Kier molecular flexibility index (Phi) is 5.31. The highest BCUT2D eigenvalue weighted by molar-refractivity contribution is 7.89. The molecule has 1 aliphatic heterocycles. The summed E-state index contributed by atoms with van der Waals surface area (Å²) < 4.78 is 37.5. The first-order valence-corrected chi connectivity index (χ1v) is 9.52. The Morgan fingerprint density at radius 2 is 1.75 bits per heavy atom. The van der Waals surface area contributed by atoms with Gasteiger partial charge in [-0.05, 0) is 30.5 Å². The lowest BCUT2D eigenvalue weighted by atomic mass is 10.1. The van der Waals surface area contributed by atoms with E-state index in [1.54, 1.807) is 24.3 Å². The molecule has 0 aromatic heterocycles. The Hall–Kier alpha value is -0.760. The zero-order valence-corrected chi connectivity index (χ0v) is 12.8. The van der Waals surface area contributed by atoms with E-state index in [4.69, 9.17) is 5.11 Å². The van der Waals surface area contributed by atoms with Crippen molar-refractivity contribution < 1.29 is 17.7 Å². The molecule has 0 saturated carbocycles. The number of aliphatic hydroxyl groups is 1. The number of aliphatic hydroxyl groups excluding tert-OH is 1. The van der Waals surface area contributed by atoms with Gasteiger partial charge in [-0.2, -0.15) is 4.31 Å². The lowest BCUT2D eigenvalue weighted by Crippen LogP contribution is -2.41. The second-order valence-corrected chi connectivity index (χ2v) is 8.36. The van der Waals surface area contributed by atoms with Gasteiger partial charge in [-0.25, -0.2) is 8.42 Å². The van der Waals surface area contributed by atoms with Crippen LogP contribution in [0.5, 0.6) is 0 Å². The van der Waals surface area contributed by atoms with Crippen molar-refractivity contribution in [3.63, 3.8) is 0 Å². The number of hydrogen-bond acceptors (Lipinski definition) is 4. The lowest BCUT2D eigenvalue weighted by molar-refractivity contribution is 0.288. The maximum Gasteiger partial charge on any atom is 0.243 e. The molecule has 0 unspecified atom stereocenters. The van der Waals surface area contributed by atoms with Gasteiger partial charge in [0.1, 0.15) is 0 Å². The largest absolute Gasteiger partial charge is 0.396 e. The summed E-state index contributed by atoms with van der Waals surface area (Å²) >= 11 is 0. The summed E-state index contributed by atoms with van der Waals surface area (Å²) in [6.45, 7) is 0.771. The zero-order chi connectivity index (χ0) is 14.6. The van der Waals surface area contributed by atoms with Gasteiger partial charge in [0.25, 0.3) is 0 Å². The van der Waals surface area contributed by atoms with E-state index in [0.717, 1.165) is 12.0 Å². The van der Waals surface area contributed by atoms with Crippen LogP contribution in [0.15, 0.2) is 29.2 Å². The first-order chi connectivity index (χ1) is 9.54.